The molecule has 1 aromatic carbocycles. The normalized spacial score (nSPS) is 27.4. The average molecular weight is 659 g/mol. The number of rotatable bonds is 6. The molecule has 4 aliphatic heterocycles. The van der Waals surface area contributed by atoms with Crippen LogP contribution in [-0.2, 0) is 0 Å². The third-order valence-electron chi connectivity index (χ3n) is 11.2. The Bertz CT molecular complexity index is 2030. The molecular weight excluding hydrogens is 622 g/mol. The molecule has 3 aromatic heterocycles. The molecule has 2 bridgehead atoms. The van der Waals surface area contributed by atoms with Gasteiger partial charge in [-0.2, -0.15) is 5.26 Å². The molecule has 9 rings (SSSR count). The van der Waals surface area contributed by atoms with Crippen LogP contribution in [0.15, 0.2) is 23.0 Å². The van der Waals surface area contributed by atoms with Gasteiger partial charge in [0, 0.05) is 49.7 Å². The average Bonchev–Trinajstić information content (AvgIpc) is 3.77. The molecule has 0 amide bonds. The van der Waals surface area contributed by atoms with E-state index in [0.717, 1.165) is 62.8 Å². The Labute approximate surface area is 274 Å². The molecule has 0 spiro atoms. The Kier molecular flexibility index (Phi) is 6.75. The van der Waals surface area contributed by atoms with Crippen LogP contribution in [0.5, 0.6) is 5.88 Å². The van der Waals surface area contributed by atoms with Crippen molar-refractivity contribution in [1.82, 2.24) is 24.8 Å². The molecular formula is C34H36F2N8O2S. The third-order valence-corrected chi connectivity index (χ3v) is 12.1. The molecule has 7 heterocycles. The van der Waals surface area contributed by atoms with Crippen molar-refractivity contribution in [2.45, 2.75) is 81.2 Å². The second-order valence-electron chi connectivity index (χ2n) is 14.0. The Morgan fingerprint density at radius 2 is 1.96 bits per heavy atom. The number of fused-ring (bicyclic) bond motifs is 5. The maximum atomic E-state index is 14.9. The predicted octanol–water partition coefficient (Wildman–Crippen LogP) is 4.89. The lowest BCUT2D eigenvalue weighted by Gasteiger charge is -2.36. The first-order valence-electron chi connectivity index (χ1n) is 16.7. The summed E-state index contributed by atoms with van der Waals surface area (Å²) in [6, 6.07) is 7.77. The Morgan fingerprint density at radius 1 is 1.15 bits per heavy atom. The standard InChI is InChI=1S/C34H36F2N8O2S/c35-18-12-34(9-2-10-43(34)14-18)17-46-31-23(13-37)29(42-15-19-5-6-20(16-42)39-19)27-25(40-31)11-26(44(32(27)45)21-3-1-4-21)22-7-8-24(36)30-28(22)41-33(38)47-30/h7-8,11,18-21,39H,1-6,9-10,12,14-17H2,(H2,38,41)/t18-,19?,20?,34+/m1/s1. The number of thiazole rings is 1. The largest absolute Gasteiger partial charge is 0.475 e. The van der Waals surface area contributed by atoms with Crippen molar-refractivity contribution in [3.05, 3.63) is 39.9 Å². The molecule has 4 atom stereocenters. The van der Waals surface area contributed by atoms with Crippen LogP contribution >= 0.6 is 11.3 Å². The molecule has 5 aliphatic rings. The summed E-state index contributed by atoms with van der Waals surface area (Å²) in [4.78, 5) is 28.6. The van der Waals surface area contributed by atoms with Crippen molar-refractivity contribution >= 4 is 43.3 Å². The van der Waals surface area contributed by atoms with Crippen LogP contribution < -0.4 is 26.2 Å². The third kappa shape index (κ3) is 4.55. The summed E-state index contributed by atoms with van der Waals surface area (Å²) >= 11 is 1.08. The molecule has 244 valence electrons. The van der Waals surface area contributed by atoms with Crippen LogP contribution in [0.2, 0.25) is 0 Å². The zero-order valence-corrected chi connectivity index (χ0v) is 26.8. The number of nitrogens with two attached hydrogens (primary N) is 1. The minimum absolute atomic E-state index is 0.0463. The maximum Gasteiger partial charge on any atom is 0.262 e. The van der Waals surface area contributed by atoms with Crippen LogP contribution in [0.4, 0.5) is 19.6 Å². The lowest BCUT2D eigenvalue weighted by atomic mass is 9.91. The van der Waals surface area contributed by atoms with Gasteiger partial charge < -0.3 is 25.3 Å². The summed E-state index contributed by atoms with van der Waals surface area (Å²) in [6.45, 7) is 2.76. The Morgan fingerprint density at radius 3 is 2.70 bits per heavy atom. The molecule has 1 aliphatic carbocycles. The number of piperazine rings is 1. The first-order chi connectivity index (χ1) is 22.8. The predicted molar refractivity (Wildman–Crippen MR) is 177 cm³/mol. The van der Waals surface area contributed by atoms with Gasteiger partial charge in [0.15, 0.2) is 5.13 Å². The smallest absolute Gasteiger partial charge is 0.262 e. The monoisotopic (exact) mass is 658 g/mol. The number of ether oxygens (including phenoxy) is 1. The number of alkyl halides is 1. The van der Waals surface area contributed by atoms with Gasteiger partial charge in [-0.3, -0.25) is 9.69 Å². The van der Waals surface area contributed by atoms with Gasteiger partial charge in [-0.05, 0) is 69.7 Å². The molecule has 10 nitrogen and oxygen atoms in total. The van der Waals surface area contributed by atoms with Crippen LogP contribution in [0.25, 0.3) is 32.4 Å². The quantitative estimate of drug-likeness (QED) is 0.298. The molecule has 0 radical (unpaired) electrons. The van der Waals surface area contributed by atoms with Crippen LogP contribution in [0.3, 0.4) is 0 Å². The molecule has 47 heavy (non-hydrogen) atoms. The van der Waals surface area contributed by atoms with Gasteiger partial charge in [-0.25, -0.2) is 18.7 Å². The van der Waals surface area contributed by atoms with Crippen LogP contribution in [0.1, 0.15) is 63.0 Å². The van der Waals surface area contributed by atoms with Gasteiger partial charge >= 0.3 is 0 Å². The molecule has 2 unspecified atom stereocenters. The second kappa shape index (κ2) is 10.8. The lowest BCUT2D eigenvalue weighted by Crippen LogP contribution is -2.51. The number of nitrogens with one attached hydrogen (secondary N) is 1. The van der Waals surface area contributed by atoms with E-state index >= 15 is 0 Å². The number of hydrogen-bond donors (Lipinski definition) is 2. The maximum absolute atomic E-state index is 14.9. The van der Waals surface area contributed by atoms with E-state index in [1.807, 2.05) is 10.6 Å². The highest BCUT2D eigenvalue weighted by Crippen LogP contribution is 2.44. The number of nitriles is 1. The van der Waals surface area contributed by atoms with Gasteiger partial charge in [0.05, 0.1) is 38.0 Å². The Balaban J connectivity index is 1.27. The van der Waals surface area contributed by atoms with Gasteiger partial charge in [0.1, 0.15) is 30.2 Å². The van der Waals surface area contributed by atoms with Crippen molar-refractivity contribution in [1.29, 1.82) is 5.26 Å². The second-order valence-corrected chi connectivity index (χ2v) is 15.1. The number of benzene rings is 1. The van der Waals surface area contributed by atoms with Crippen molar-refractivity contribution in [3.8, 4) is 23.2 Å². The summed E-state index contributed by atoms with van der Waals surface area (Å²) in [5.74, 6) is -0.250. The van der Waals surface area contributed by atoms with E-state index in [1.54, 1.807) is 6.07 Å². The fraction of sp³-hybridized carbons (Fsp3) is 0.529. The lowest BCUT2D eigenvalue weighted by molar-refractivity contribution is 0.110. The number of halogens is 2. The fourth-order valence-electron chi connectivity index (χ4n) is 8.88. The van der Waals surface area contributed by atoms with Crippen molar-refractivity contribution in [3.63, 3.8) is 0 Å². The van der Waals surface area contributed by atoms with E-state index in [0.29, 0.717) is 64.1 Å². The van der Waals surface area contributed by atoms with E-state index in [1.165, 1.54) is 6.07 Å². The minimum atomic E-state index is -0.911. The van der Waals surface area contributed by atoms with E-state index in [-0.39, 0.29) is 46.9 Å². The SMILES string of the molecule is N#Cc1c(OC[C@@]23CCCN2C[C@H](F)C3)nc2cc(-c3ccc(F)c4sc(N)nc34)n(C3CCC3)c(=O)c2c1N1CC2CCC(C1)N2. The zero-order chi connectivity index (χ0) is 32.0. The summed E-state index contributed by atoms with van der Waals surface area (Å²) in [6.07, 6.45) is 6.01. The molecule has 4 aromatic rings. The molecule has 5 fully saturated rings. The van der Waals surface area contributed by atoms with Crippen LogP contribution in [-0.4, -0.2) is 76.0 Å². The number of pyridine rings is 2. The van der Waals surface area contributed by atoms with Gasteiger partial charge in [-0.1, -0.05) is 11.3 Å². The van der Waals surface area contributed by atoms with Gasteiger partial charge in [0.2, 0.25) is 5.88 Å². The minimum Gasteiger partial charge on any atom is -0.475 e. The zero-order valence-electron chi connectivity index (χ0n) is 26.0. The number of aromatic nitrogens is 3. The number of hydrogen-bond acceptors (Lipinski definition) is 10. The highest BCUT2D eigenvalue weighted by molar-refractivity contribution is 7.22. The first-order valence-corrected chi connectivity index (χ1v) is 17.5. The number of nitrogen functional groups attached to an aromatic ring is 1. The highest BCUT2D eigenvalue weighted by atomic mass is 32.1. The van der Waals surface area contributed by atoms with E-state index in [4.69, 9.17) is 15.5 Å². The Hall–Kier alpha value is -3.86. The number of anilines is 2. The summed E-state index contributed by atoms with van der Waals surface area (Å²) < 4.78 is 38.2. The summed E-state index contributed by atoms with van der Waals surface area (Å²) in [7, 11) is 0. The van der Waals surface area contributed by atoms with E-state index < -0.39 is 17.5 Å². The highest BCUT2D eigenvalue weighted by Gasteiger charge is 2.49. The van der Waals surface area contributed by atoms with E-state index in [2.05, 4.69) is 26.2 Å². The topological polar surface area (TPSA) is 125 Å². The van der Waals surface area contributed by atoms with Crippen molar-refractivity contribution in [2.75, 3.05) is 43.4 Å². The van der Waals surface area contributed by atoms with Crippen molar-refractivity contribution < 1.29 is 13.5 Å². The molecule has 1 saturated carbocycles. The van der Waals surface area contributed by atoms with E-state index in [9.17, 15) is 18.8 Å². The fourth-order valence-corrected chi connectivity index (χ4v) is 9.64. The summed E-state index contributed by atoms with van der Waals surface area (Å²) in [5.41, 5.74) is 8.22. The number of nitrogens with zero attached hydrogens (tertiary/aromatic N) is 6. The van der Waals surface area contributed by atoms with Crippen molar-refractivity contribution in [2.24, 2.45) is 0 Å². The molecule has 4 saturated heterocycles. The summed E-state index contributed by atoms with van der Waals surface area (Å²) in [5, 5.41) is 15.0. The molecule has 3 N–H and O–H groups in total. The van der Waals surface area contributed by atoms with Crippen LogP contribution in [0, 0.1) is 17.1 Å². The first kappa shape index (κ1) is 29.3. The van der Waals surface area contributed by atoms with Gasteiger partial charge in [0.25, 0.3) is 5.56 Å². The molecule has 13 heteroatoms. The van der Waals surface area contributed by atoms with Gasteiger partial charge in [-0.15, -0.1) is 0 Å².